The summed E-state index contributed by atoms with van der Waals surface area (Å²) in [6.45, 7) is -0.487. The molecule has 100 valence electrons. The number of pyridine rings is 1. The maximum Gasteiger partial charge on any atom is 0.312 e. The number of nitrogens with zero attached hydrogens (tertiary/aromatic N) is 2. The maximum absolute atomic E-state index is 11.7. The lowest BCUT2D eigenvalue weighted by Gasteiger charge is -2.07. The molecule has 0 bridgehead atoms. The van der Waals surface area contributed by atoms with Crippen LogP contribution < -0.4 is 5.32 Å². The van der Waals surface area contributed by atoms with Gasteiger partial charge in [0.25, 0.3) is 6.43 Å². The second-order valence-corrected chi connectivity index (χ2v) is 4.09. The summed E-state index contributed by atoms with van der Waals surface area (Å²) in [5, 5.41) is 13.4. The number of halogens is 3. The number of aromatic nitrogens is 1. The van der Waals surface area contributed by atoms with Crippen molar-refractivity contribution in [2.75, 3.05) is 25.1 Å². The predicted molar refractivity (Wildman–Crippen MR) is 63.9 cm³/mol. The third-order valence-electron chi connectivity index (χ3n) is 1.81. The Bertz CT molecular complexity index is 420. The molecule has 0 aromatic carbocycles. The Morgan fingerprint density at radius 1 is 1.61 bits per heavy atom. The number of hydrogen-bond donors (Lipinski definition) is 1. The Balaban J connectivity index is 2.49. The molecule has 0 aliphatic carbocycles. The summed E-state index contributed by atoms with van der Waals surface area (Å²) >= 11 is 3.07. The van der Waals surface area contributed by atoms with E-state index in [4.69, 9.17) is 0 Å². The number of alkyl halides is 2. The molecule has 0 saturated heterocycles. The van der Waals surface area contributed by atoms with Crippen molar-refractivity contribution in [3.05, 3.63) is 26.9 Å². The number of ether oxygens (including phenoxy) is 1. The van der Waals surface area contributed by atoms with Gasteiger partial charge in [-0.1, -0.05) is 0 Å². The Kier molecular flexibility index (Phi) is 5.86. The maximum atomic E-state index is 11.7. The molecular weight excluding hydrogens is 316 g/mol. The number of hydrogen-bond acceptors (Lipinski definition) is 5. The van der Waals surface area contributed by atoms with Crippen LogP contribution in [0.15, 0.2) is 16.7 Å². The lowest BCUT2D eigenvalue weighted by molar-refractivity contribution is -0.384. The van der Waals surface area contributed by atoms with Crippen LogP contribution in [-0.4, -0.2) is 36.1 Å². The first-order chi connectivity index (χ1) is 8.50. The normalized spacial score (nSPS) is 10.7. The molecule has 0 aliphatic rings. The molecule has 6 nitrogen and oxygen atoms in total. The summed E-state index contributed by atoms with van der Waals surface area (Å²) < 4.78 is 28.6. The summed E-state index contributed by atoms with van der Waals surface area (Å²) in [6, 6.07) is 1.30. The van der Waals surface area contributed by atoms with E-state index in [0.717, 1.165) is 0 Å². The molecule has 18 heavy (non-hydrogen) atoms. The highest BCUT2D eigenvalue weighted by molar-refractivity contribution is 9.10. The SMILES string of the molecule is O=[N+]([O-])c1cc(Br)cnc1NCCOCC(F)F. The van der Waals surface area contributed by atoms with Gasteiger partial charge >= 0.3 is 5.69 Å². The first-order valence-corrected chi connectivity index (χ1v) is 5.69. The third-order valence-corrected chi connectivity index (χ3v) is 2.25. The molecular formula is C9H10BrF2N3O3. The van der Waals surface area contributed by atoms with Gasteiger partial charge in [-0.3, -0.25) is 10.1 Å². The number of nitrogens with one attached hydrogen (secondary N) is 1. The van der Waals surface area contributed by atoms with Crippen molar-refractivity contribution >= 4 is 27.4 Å². The Morgan fingerprint density at radius 2 is 2.33 bits per heavy atom. The van der Waals surface area contributed by atoms with Crippen molar-refractivity contribution in [3.63, 3.8) is 0 Å². The second kappa shape index (κ2) is 7.17. The fourth-order valence-corrected chi connectivity index (χ4v) is 1.44. The second-order valence-electron chi connectivity index (χ2n) is 3.17. The molecule has 1 N–H and O–H groups in total. The molecule has 1 heterocycles. The minimum atomic E-state index is -2.52. The summed E-state index contributed by atoms with van der Waals surface area (Å²) in [4.78, 5) is 14.0. The smallest absolute Gasteiger partial charge is 0.312 e. The average molecular weight is 326 g/mol. The van der Waals surface area contributed by atoms with Crippen LogP contribution in [0.3, 0.4) is 0 Å². The van der Waals surface area contributed by atoms with E-state index in [1.54, 1.807) is 0 Å². The largest absolute Gasteiger partial charge is 0.374 e. The zero-order valence-electron chi connectivity index (χ0n) is 9.11. The molecule has 0 atom stereocenters. The number of anilines is 1. The van der Waals surface area contributed by atoms with Crippen LogP contribution in [0.2, 0.25) is 0 Å². The van der Waals surface area contributed by atoms with Crippen LogP contribution in [-0.2, 0) is 4.74 Å². The minimum absolute atomic E-state index is 0.0131. The van der Waals surface area contributed by atoms with Gasteiger partial charge in [0.1, 0.15) is 6.61 Å². The zero-order chi connectivity index (χ0) is 13.5. The van der Waals surface area contributed by atoms with Crippen molar-refractivity contribution in [2.24, 2.45) is 0 Å². The summed E-state index contributed by atoms with van der Waals surface area (Å²) in [5.74, 6) is 0.0730. The Morgan fingerprint density at radius 3 is 2.94 bits per heavy atom. The Hall–Kier alpha value is -1.35. The molecule has 1 aromatic rings. The fraction of sp³-hybridized carbons (Fsp3) is 0.444. The minimum Gasteiger partial charge on any atom is -0.374 e. The highest BCUT2D eigenvalue weighted by Gasteiger charge is 2.15. The lowest BCUT2D eigenvalue weighted by Crippen LogP contribution is -2.14. The van der Waals surface area contributed by atoms with Gasteiger partial charge in [0.05, 0.1) is 11.5 Å². The quantitative estimate of drug-likeness (QED) is 0.473. The van der Waals surface area contributed by atoms with Crippen LogP contribution in [0, 0.1) is 10.1 Å². The first-order valence-electron chi connectivity index (χ1n) is 4.90. The van der Waals surface area contributed by atoms with Gasteiger partial charge in [0.15, 0.2) is 0 Å². The standard InChI is InChI=1S/C9H10BrF2N3O3/c10-6-3-7(15(16)17)9(14-4-6)13-1-2-18-5-8(11)12/h3-4,8H,1-2,5H2,(H,13,14). The Labute approximate surface area is 110 Å². The summed E-state index contributed by atoms with van der Waals surface area (Å²) in [5.41, 5.74) is -0.196. The zero-order valence-corrected chi connectivity index (χ0v) is 10.7. The number of nitro groups is 1. The molecule has 1 aromatic heterocycles. The fourth-order valence-electron chi connectivity index (χ4n) is 1.12. The van der Waals surface area contributed by atoms with E-state index in [9.17, 15) is 18.9 Å². The molecule has 0 fully saturated rings. The van der Waals surface area contributed by atoms with Gasteiger partial charge in [-0.2, -0.15) is 0 Å². The van der Waals surface area contributed by atoms with E-state index >= 15 is 0 Å². The highest BCUT2D eigenvalue weighted by Crippen LogP contribution is 2.24. The molecule has 0 saturated carbocycles. The summed E-state index contributed by atoms with van der Waals surface area (Å²) in [7, 11) is 0. The van der Waals surface area contributed by atoms with Crippen molar-refractivity contribution < 1.29 is 18.4 Å². The van der Waals surface area contributed by atoms with Crippen molar-refractivity contribution in [1.82, 2.24) is 4.98 Å². The van der Waals surface area contributed by atoms with E-state index < -0.39 is 18.0 Å². The van der Waals surface area contributed by atoms with E-state index in [2.05, 4.69) is 31.0 Å². The molecule has 0 aliphatic heterocycles. The van der Waals surface area contributed by atoms with E-state index in [0.29, 0.717) is 4.47 Å². The van der Waals surface area contributed by atoms with E-state index in [1.807, 2.05) is 0 Å². The van der Waals surface area contributed by atoms with Gasteiger partial charge in [-0.25, -0.2) is 13.8 Å². The van der Waals surface area contributed by atoms with Gasteiger partial charge in [-0.15, -0.1) is 0 Å². The third kappa shape index (κ3) is 4.88. The predicted octanol–water partition coefficient (Wildman–Crippen LogP) is 2.45. The van der Waals surface area contributed by atoms with Gasteiger partial charge in [-0.05, 0) is 15.9 Å². The monoisotopic (exact) mass is 325 g/mol. The topological polar surface area (TPSA) is 77.3 Å². The van der Waals surface area contributed by atoms with Crippen molar-refractivity contribution in [2.45, 2.75) is 6.43 Å². The van der Waals surface area contributed by atoms with E-state index in [1.165, 1.54) is 12.3 Å². The van der Waals surface area contributed by atoms with Gasteiger partial charge in [0.2, 0.25) is 5.82 Å². The molecule has 0 unspecified atom stereocenters. The van der Waals surface area contributed by atoms with Crippen molar-refractivity contribution in [3.8, 4) is 0 Å². The first kappa shape index (κ1) is 14.7. The van der Waals surface area contributed by atoms with E-state index in [-0.39, 0.29) is 24.7 Å². The highest BCUT2D eigenvalue weighted by atomic mass is 79.9. The molecule has 0 spiro atoms. The van der Waals surface area contributed by atoms with Crippen LogP contribution in [0.4, 0.5) is 20.3 Å². The molecule has 9 heteroatoms. The van der Waals surface area contributed by atoms with Gasteiger partial charge < -0.3 is 10.1 Å². The average Bonchev–Trinajstić information content (AvgIpc) is 2.29. The van der Waals surface area contributed by atoms with Crippen LogP contribution in [0.5, 0.6) is 0 Å². The van der Waals surface area contributed by atoms with Crippen LogP contribution in [0.1, 0.15) is 0 Å². The number of rotatable bonds is 7. The van der Waals surface area contributed by atoms with Crippen LogP contribution in [0.25, 0.3) is 0 Å². The summed E-state index contributed by atoms with van der Waals surface area (Å²) in [6.07, 6.45) is -1.12. The van der Waals surface area contributed by atoms with Crippen LogP contribution >= 0.6 is 15.9 Å². The van der Waals surface area contributed by atoms with Crippen molar-refractivity contribution in [1.29, 1.82) is 0 Å². The molecule has 0 radical (unpaired) electrons. The van der Waals surface area contributed by atoms with Gasteiger partial charge in [0, 0.05) is 23.3 Å². The molecule has 1 rings (SSSR count). The lowest BCUT2D eigenvalue weighted by atomic mass is 10.4. The molecule has 0 amide bonds.